The zero-order valence-electron chi connectivity index (χ0n) is 13.8. The van der Waals surface area contributed by atoms with Crippen LogP contribution in [0.1, 0.15) is 53.4 Å². The monoisotopic (exact) mass is 270 g/mol. The van der Waals surface area contributed by atoms with Crippen molar-refractivity contribution in [2.75, 3.05) is 27.2 Å². The molecule has 1 aliphatic rings. The van der Waals surface area contributed by atoms with Crippen LogP contribution < -0.4 is 5.32 Å². The van der Waals surface area contributed by atoms with E-state index in [-0.39, 0.29) is 0 Å². The normalized spacial score (nSPS) is 28.4. The lowest BCUT2D eigenvalue weighted by atomic mass is 9.71. The fourth-order valence-electron chi connectivity index (χ4n) is 3.26. The first-order chi connectivity index (χ1) is 8.60. The molecule has 1 unspecified atom stereocenters. The number of nitrogens with zero attached hydrogens (tertiary/aromatic N) is 1. The van der Waals surface area contributed by atoms with Crippen LogP contribution in [0.5, 0.6) is 0 Å². The molecule has 1 atom stereocenters. The van der Waals surface area contributed by atoms with Gasteiger partial charge in [0, 0.05) is 19.1 Å². The lowest BCUT2D eigenvalue weighted by Crippen LogP contribution is -2.49. The van der Waals surface area contributed by atoms with Crippen molar-refractivity contribution in [3.63, 3.8) is 0 Å². The maximum absolute atomic E-state index is 10.3. The van der Waals surface area contributed by atoms with Crippen LogP contribution in [0.2, 0.25) is 0 Å². The molecule has 1 aliphatic carbocycles. The van der Waals surface area contributed by atoms with Crippen molar-refractivity contribution >= 4 is 0 Å². The second-order valence-electron chi connectivity index (χ2n) is 8.03. The number of aliphatic hydroxyl groups is 1. The molecule has 0 saturated heterocycles. The average molecular weight is 270 g/mol. The van der Waals surface area contributed by atoms with E-state index in [2.05, 4.69) is 26.1 Å². The Kier molecular flexibility index (Phi) is 5.84. The van der Waals surface area contributed by atoms with Crippen molar-refractivity contribution in [2.45, 2.75) is 65.0 Å². The highest BCUT2D eigenvalue weighted by Crippen LogP contribution is 2.37. The Balaban J connectivity index is 2.30. The largest absolute Gasteiger partial charge is 0.388 e. The molecule has 19 heavy (non-hydrogen) atoms. The summed E-state index contributed by atoms with van der Waals surface area (Å²) in [4.78, 5) is 2.04. The highest BCUT2D eigenvalue weighted by atomic mass is 16.3. The van der Waals surface area contributed by atoms with Gasteiger partial charge in [-0.3, -0.25) is 0 Å². The van der Waals surface area contributed by atoms with Gasteiger partial charge >= 0.3 is 0 Å². The molecule has 0 heterocycles. The van der Waals surface area contributed by atoms with Crippen LogP contribution in [0.25, 0.3) is 0 Å². The number of nitrogens with one attached hydrogen (secondary N) is 1. The number of likely N-dealkylation sites (N-methyl/N-ethyl adjacent to an activating group) is 1. The van der Waals surface area contributed by atoms with Gasteiger partial charge in [-0.1, -0.05) is 20.8 Å². The predicted octanol–water partition coefficient (Wildman–Crippen LogP) is 2.49. The van der Waals surface area contributed by atoms with Crippen molar-refractivity contribution in [3.8, 4) is 0 Å². The van der Waals surface area contributed by atoms with E-state index in [9.17, 15) is 5.11 Å². The van der Waals surface area contributed by atoms with Crippen LogP contribution in [-0.4, -0.2) is 48.8 Å². The summed E-state index contributed by atoms with van der Waals surface area (Å²) in [6.45, 7) is 10.4. The summed E-state index contributed by atoms with van der Waals surface area (Å²) in [7, 11) is 4.01. The summed E-state index contributed by atoms with van der Waals surface area (Å²) in [5.74, 6) is 0.854. The van der Waals surface area contributed by atoms with Crippen molar-refractivity contribution in [3.05, 3.63) is 0 Å². The molecule has 3 nitrogen and oxygen atoms in total. The minimum atomic E-state index is -0.635. The minimum absolute atomic E-state index is 0.446. The van der Waals surface area contributed by atoms with Crippen molar-refractivity contribution in [2.24, 2.45) is 11.3 Å². The van der Waals surface area contributed by atoms with E-state index < -0.39 is 5.60 Å². The molecule has 0 aromatic rings. The average Bonchev–Trinajstić information content (AvgIpc) is 2.24. The minimum Gasteiger partial charge on any atom is -0.388 e. The fourth-order valence-corrected chi connectivity index (χ4v) is 3.26. The maximum Gasteiger partial charge on any atom is 0.0869 e. The molecule has 1 saturated carbocycles. The molecule has 0 radical (unpaired) electrons. The molecule has 0 spiro atoms. The molecule has 114 valence electrons. The molecule has 0 aromatic carbocycles. The number of rotatable bonds is 5. The van der Waals surface area contributed by atoms with Gasteiger partial charge in [-0.15, -0.1) is 0 Å². The predicted molar refractivity (Wildman–Crippen MR) is 82.4 cm³/mol. The maximum atomic E-state index is 10.3. The summed E-state index contributed by atoms with van der Waals surface area (Å²) in [5.41, 5.74) is -0.189. The van der Waals surface area contributed by atoms with Crippen molar-refractivity contribution in [1.29, 1.82) is 0 Å². The molecule has 1 fully saturated rings. The zero-order valence-corrected chi connectivity index (χ0v) is 13.8. The lowest BCUT2D eigenvalue weighted by molar-refractivity contribution is 0.0284. The summed E-state index contributed by atoms with van der Waals surface area (Å²) >= 11 is 0. The molecule has 0 aliphatic heterocycles. The molecule has 0 amide bonds. The van der Waals surface area contributed by atoms with E-state index in [1.165, 1.54) is 25.7 Å². The van der Waals surface area contributed by atoms with Crippen LogP contribution >= 0.6 is 0 Å². The third-order valence-electron chi connectivity index (χ3n) is 4.38. The van der Waals surface area contributed by atoms with Crippen LogP contribution in [0, 0.1) is 11.3 Å². The van der Waals surface area contributed by atoms with Crippen LogP contribution in [0.3, 0.4) is 0 Å². The number of hydrogen-bond acceptors (Lipinski definition) is 3. The molecular formula is C16H34N2O. The third-order valence-corrected chi connectivity index (χ3v) is 4.38. The fraction of sp³-hybridized carbons (Fsp3) is 1.00. The van der Waals surface area contributed by atoms with Gasteiger partial charge in [0.1, 0.15) is 0 Å². The van der Waals surface area contributed by atoms with E-state index in [4.69, 9.17) is 0 Å². The van der Waals surface area contributed by atoms with Crippen LogP contribution in [-0.2, 0) is 0 Å². The summed E-state index contributed by atoms with van der Waals surface area (Å²) in [6, 6.07) is 0.590. The Morgan fingerprint density at radius 2 is 1.58 bits per heavy atom. The molecular weight excluding hydrogens is 236 g/mol. The van der Waals surface area contributed by atoms with E-state index >= 15 is 0 Å². The number of hydrogen-bond donors (Lipinski definition) is 2. The SMILES string of the molecule is CN(C)CC(C)(O)CNC1CCC(C(C)(C)C)CC1. The smallest absolute Gasteiger partial charge is 0.0869 e. The van der Waals surface area contributed by atoms with Crippen molar-refractivity contribution in [1.82, 2.24) is 10.2 Å². The quantitative estimate of drug-likeness (QED) is 0.806. The second kappa shape index (κ2) is 6.55. The topological polar surface area (TPSA) is 35.5 Å². The third kappa shape index (κ3) is 6.24. The van der Waals surface area contributed by atoms with E-state index in [0.29, 0.717) is 24.5 Å². The first kappa shape index (κ1) is 16.9. The Morgan fingerprint density at radius 3 is 2.00 bits per heavy atom. The van der Waals surface area contributed by atoms with Gasteiger partial charge in [0.15, 0.2) is 0 Å². The van der Waals surface area contributed by atoms with Crippen molar-refractivity contribution < 1.29 is 5.11 Å². The second-order valence-corrected chi connectivity index (χ2v) is 8.03. The first-order valence-electron chi connectivity index (χ1n) is 7.71. The van der Waals surface area contributed by atoms with Gasteiger partial charge < -0.3 is 15.3 Å². The van der Waals surface area contributed by atoms with E-state index in [1.54, 1.807) is 0 Å². The summed E-state index contributed by atoms with van der Waals surface area (Å²) in [5, 5.41) is 13.9. The first-order valence-corrected chi connectivity index (χ1v) is 7.71. The highest BCUT2D eigenvalue weighted by Gasteiger charge is 2.30. The van der Waals surface area contributed by atoms with Gasteiger partial charge in [0.2, 0.25) is 0 Å². The zero-order chi connectivity index (χ0) is 14.7. The molecule has 3 heteroatoms. The Labute approximate surface area is 119 Å². The molecule has 1 rings (SSSR count). The Hall–Kier alpha value is -0.120. The van der Waals surface area contributed by atoms with Gasteiger partial charge in [0.25, 0.3) is 0 Å². The van der Waals surface area contributed by atoms with E-state index in [1.807, 2.05) is 25.9 Å². The molecule has 0 aromatic heterocycles. The van der Waals surface area contributed by atoms with Gasteiger partial charge in [-0.2, -0.15) is 0 Å². The molecule has 2 N–H and O–H groups in total. The van der Waals surface area contributed by atoms with Gasteiger partial charge in [-0.25, -0.2) is 0 Å². The molecule has 0 bridgehead atoms. The Morgan fingerprint density at radius 1 is 1.05 bits per heavy atom. The van der Waals surface area contributed by atoms with Gasteiger partial charge in [-0.05, 0) is 58.0 Å². The summed E-state index contributed by atoms with van der Waals surface area (Å²) in [6.07, 6.45) is 5.13. The highest BCUT2D eigenvalue weighted by molar-refractivity contribution is 4.86. The van der Waals surface area contributed by atoms with E-state index in [0.717, 1.165) is 5.92 Å². The van der Waals surface area contributed by atoms with Gasteiger partial charge in [0.05, 0.1) is 5.60 Å². The van der Waals surface area contributed by atoms with Crippen LogP contribution in [0.4, 0.5) is 0 Å². The Bertz CT molecular complexity index is 260. The standard InChI is InChI=1S/C16H34N2O/c1-15(2,3)13-7-9-14(10-8-13)17-11-16(4,19)12-18(5)6/h13-14,17,19H,7-12H2,1-6H3. The lowest BCUT2D eigenvalue weighted by Gasteiger charge is -2.38. The summed E-state index contributed by atoms with van der Waals surface area (Å²) < 4.78 is 0. The van der Waals surface area contributed by atoms with Crippen LogP contribution in [0.15, 0.2) is 0 Å².